The van der Waals surface area contributed by atoms with Crippen LogP contribution in [0.2, 0.25) is 0 Å². The molecule has 1 atom stereocenters. The Bertz CT molecular complexity index is 671. The van der Waals surface area contributed by atoms with Crippen molar-refractivity contribution in [2.45, 2.75) is 32.7 Å². The van der Waals surface area contributed by atoms with E-state index in [9.17, 15) is 9.18 Å². The predicted molar refractivity (Wildman–Crippen MR) is 95.2 cm³/mol. The number of nitrogens with one attached hydrogen (secondary N) is 1. The highest BCUT2D eigenvalue weighted by Crippen LogP contribution is 2.16. The van der Waals surface area contributed by atoms with Crippen molar-refractivity contribution >= 4 is 18.3 Å². The number of nitrogens with zero attached hydrogens (tertiary/aromatic N) is 2. The summed E-state index contributed by atoms with van der Waals surface area (Å²) >= 11 is 0. The van der Waals surface area contributed by atoms with Crippen LogP contribution >= 0.6 is 12.4 Å². The number of carbonyl (C=O) groups is 1. The van der Waals surface area contributed by atoms with E-state index in [2.05, 4.69) is 24.3 Å². The lowest BCUT2D eigenvalue weighted by atomic mass is 9.90. The van der Waals surface area contributed by atoms with Crippen LogP contribution in [0.15, 0.2) is 36.5 Å². The summed E-state index contributed by atoms with van der Waals surface area (Å²) in [7, 11) is 0. The van der Waals surface area contributed by atoms with Crippen LogP contribution < -0.4 is 11.1 Å². The van der Waals surface area contributed by atoms with E-state index in [1.54, 1.807) is 24.4 Å². The first-order valence-corrected chi connectivity index (χ1v) is 7.67. The second kappa shape index (κ2) is 8.26. The van der Waals surface area contributed by atoms with Crippen molar-refractivity contribution in [2.75, 3.05) is 6.54 Å². The molecule has 24 heavy (non-hydrogen) atoms. The van der Waals surface area contributed by atoms with Crippen molar-refractivity contribution in [3.8, 4) is 5.69 Å². The Morgan fingerprint density at radius 3 is 2.50 bits per heavy atom. The third-order valence-electron chi connectivity index (χ3n) is 3.64. The monoisotopic (exact) mass is 354 g/mol. The van der Waals surface area contributed by atoms with Gasteiger partial charge in [0.15, 0.2) is 5.69 Å². The van der Waals surface area contributed by atoms with Crippen LogP contribution in [-0.2, 0) is 0 Å². The van der Waals surface area contributed by atoms with Gasteiger partial charge in [-0.2, -0.15) is 5.10 Å². The van der Waals surface area contributed by atoms with E-state index in [4.69, 9.17) is 5.73 Å². The van der Waals surface area contributed by atoms with E-state index in [1.807, 2.05) is 6.92 Å². The molecule has 2 aromatic rings. The SMILES string of the molecule is CC(C)CC(C)(CN)NC(=O)c1ccn(-c2ccc(F)cc2)n1.Cl. The summed E-state index contributed by atoms with van der Waals surface area (Å²) in [5.41, 5.74) is 6.34. The highest BCUT2D eigenvalue weighted by atomic mass is 35.5. The van der Waals surface area contributed by atoms with Gasteiger partial charge in [-0.3, -0.25) is 4.79 Å². The van der Waals surface area contributed by atoms with E-state index < -0.39 is 5.54 Å². The standard InChI is InChI=1S/C17H23FN4O.ClH/c1-12(2)10-17(3,11-19)20-16(23)15-8-9-22(21-15)14-6-4-13(18)5-7-14;/h4-9,12H,10-11,19H2,1-3H3,(H,20,23);1H. The molecule has 0 bridgehead atoms. The van der Waals surface area contributed by atoms with Crippen LogP contribution in [0, 0.1) is 11.7 Å². The minimum atomic E-state index is -0.467. The van der Waals surface area contributed by atoms with Gasteiger partial charge in [0.05, 0.1) is 11.2 Å². The van der Waals surface area contributed by atoms with E-state index >= 15 is 0 Å². The summed E-state index contributed by atoms with van der Waals surface area (Å²) in [5, 5.41) is 7.21. The first-order chi connectivity index (χ1) is 10.8. The third-order valence-corrected chi connectivity index (χ3v) is 3.64. The van der Waals surface area contributed by atoms with Crippen molar-refractivity contribution in [1.29, 1.82) is 0 Å². The molecule has 1 aromatic heterocycles. The van der Waals surface area contributed by atoms with Gasteiger partial charge in [-0.15, -0.1) is 12.4 Å². The van der Waals surface area contributed by atoms with Crippen LogP contribution in [-0.4, -0.2) is 27.8 Å². The molecule has 0 fully saturated rings. The van der Waals surface area contributed by atoms with E-state index in [-0.39, 0.29) is 24.1 Å². The number of halogens is 2. The molecule has 5 nitrogen and oxygen atoms in total. The zero-order chi connectivity index (χ0) is 17.0. The van der Waals surface area contributed by atoms with Crippen LogP contribution in [0.25, 0.3) is 5.69 Å². The Kier molecular flexibility index (Phi) is 6.93. The fraction of sp³-hybridized carbons (Fsp3) is 0.412. The lowest BCUT2D eigenvalue weighted by Gasteiger charge is -2.30. The van der Waals surface area contributed by atoms with Crippen molar-refractivity contribution in [1.82, 2.24) is 15.1 Å². The average Bonchev–Trinajstić information content (AvgIpc) is 2.97. The summed E-state index contributed by atoms with van der Waals surface area (Å²) in [5.74, 6) is -0.161. The molecule has 1 unspecified atom stereocenters. The molecule has 0 saturated heterocycles. The Balaban J connectivity index is 0.00000288. The van der Waals surface area contributed by atoms with Gasteiger partial charge in [0.25, 0.3) is 5.91 Å². The number of benzene rings is 1. The quantitative estimate of drug-likeness (QED) is 0.837. The number of aromatic nitrogens is 2. The molecule has 0 radical (unpaired) electrons. The fourth-order valence-corrected chi connectivity index (χ4v) is 2.61. The zero-order valence-corrected chi connectivity index (χ0v) is 14.9. The molecule has 1 heterocycles. The lowest BCUT2D eigenvalue weighted by molar-refractivity contribution is 0.0892. The smallest absolute Gasteiger partial charge is 0.272 e. The molecule has 0 aliphatic rings. The molecular formula is C17H24ClFN4O. The van der Waals surface area contributed by atoms with E-state index in [1.165, 1.54) is 16.8 Å². The van der Waals surface area contributed by atoms with Gasteiger partial charge in [0.1, 0.15) is 5.82 Å². The number of carbonyl (C=O) groups excluding carboxylic acids is 1. The third kappa shape index (κ3) is 5.04. The van der Waals surface area contributed by atoms with Gasteiger partial charge < -0.3 is 11.1 Å². The highest BCUT2D eigenvalue weighted by molar-refractivity contribution is 5.92. The first kappa shape index (κ1) is 20.1. The summed E-state index contributed by atoms with van der Waals surface area (Å²) in [6.07, 6.45) is 2.46. The molecule has 3 N–H and O–H groups in total. The minimum absolute atomic E-state index is 0. The maximum Gasteiger partial charge on any atom is 0.272 e. The molecule has 1 aromatic carbocycles. The van der Waals surface area contributed by atoms with Crippen molar-refractivity contribution in [3.05, 3.63) is 48.0 Å². The molecule has 1 amide bonds. The Hall–Kier alpha value is -1.92. The topological polar surface area (TPSA) is 72.9 Å². The van der Waals surface area contributed by atoms with Gasteiger partial charge in [-0.25, -0.2) is 9.07 Å². The maximum absolute atomic E-state index is 13.0. The van der Waals surface area contributed by atoms with Crippen LogP contribution in [0.5, 0.6) is 0 Å². The van der Waals surface area contributed by atoms with Crippen molar-refractivity contribution in [3.63, 3.8) is 0 Å². The van der Waals surface area contributed by atoms with Crippen LogP contribution in [0.1, 0.15) is 37.7 Å². The average molecular weight is 355 g/mol. The van der Waals surface area contributed by atoms with Gasteiger partial charge in [0.2, 0.25) is 0 Å². The molecule has 132 valence electrons. The lowest BCUT2D eigenvalue weighted by Crippen LogP contribution is -2.52. The Morgan fingerprint density at radius 2 is 1.96 bits per heavy atom. The van der Waals surface area contributed by atoms with Gasteiger partial charge in [-0.1, -0.05) is 13.8 Å². The molecule has 0 spiro atoms. The molecule has 0 saturated carbocycles. The number of amides is 1. The molecule has 2 rings (SSSR count). The number of hydrogen-bond donors (Lipinski definition) is 2. The minimum Gasteiger partial charge on any atom is -0.344 e. The van der Waals surface area contributed by atoms with Gasteiger partial charge in [0, 0.05) is 12.7 Å². The number of rotatable bonds is 6. The maximum atomic E-state index is 13.0. The van der Waals surface area contributed by atoms with E-state index in [0.717, 1.165) is 6.42 Å². The van der Waals surface area contributed by atoms with Gasteiger partial charge >= 0.3 is 0 Å². The van der Waals surface area contributed by atoms with Crippen LogP contribution in [0.4, 0.5) is 4.39 Å². The number of nitrogens with two attached hydrogens (primary N) is 1. The highest BCUT2D eigenvalue weighted by Gasteiger charge is 2.27. The Labute approximate surface area is 147 Å². The second-order valence-electron chi connectivity index (χ2n) is 6.44. The first-order valence-electron chi connectivity index (χ1n) is 7.67. The zero-order valence-electron chi connectivity index (χ0n) is 14.1. The fourth-order valence-electron chi connectivity index (χ4n) is 2.61. The molecule has 0 aliphatic carbocycles. The normalized spacial score (nSPS) is 13.2. The predicted octanol–water partition coefficient (Wildman–Crippen LogP) is 2.93. The molecule has 0 aliphatic heterocycles. The summed E-state index contributed by atoms with van der Waals surface area (Å²) in [6.45, 7) is 6.46. The molecule has 7 heteroatoms. The van der Waals surface area contributed by atoms with E-state index in [0.29, 0.717) is 23.8 Å². The number of hydrogen-bond acceptors (Lipinski definition) is 3. The summed E-state index contributed by atoms with van der Waals surface area (Å²) in [4.78, 5) is 12.4. The largest absolute Gasteiger partial charge is 0.344 e. The van der Waals surface area contributed by atoms with Crippen molar-refractivity contribution in [2.24, 2.45) is 11.7 Å². The van der Waals surface area contributed by atoms with Crippen molar-refractivity contribution < 1.29 is 9.18 Å². The van der Waals surface area contributed by atoms with Crippen LogP contribution in [0.3, 0.4) is 0 Å². The van der Waals surface area contributed by atoms with Gasteiger partial charge in [-0.05, 0) is 49.6 Å². The Morgan fingerprint density at radius 1 is 1.33 bits per heavy atom. The molecular weight excluding hydrogens is 331 g/mol. The summed E-state index contributed by atoms with van der Waals surface area (Å²) < 4.78 is 14.5. The second-order valence-corrected chi connectivity index (χ2v) is 6.44. The summed E-state index contributed by atoms with van der Waals surface area (Å²) in [6, 6.07) is 7.54.